The molecule has 19 heavy (non-hydrogen) atoms. The lowest BCUT2D eigenvalue weighted by Crippen LogP contribution is -2.09. The minimum Gasteiger partial charge on any atom is -0.397 e. The van der Waals surface area contributed by atoms with E-state index in [4.69, 9.17) is 5.73 Å². The Bertz CT molecular complexity index is 585. The Morgan fingerprint density at radius 3 is 2.79 bits per heavy atom. The van der Waals surface area contributed by atoms with E-state index in [1.165, 1.54) is 6.07 Å². The first-order valence-electron chi connectivity index (χ1n) is 6.03. The fourth-order valence-corrected chi connectivity index (χ4v) is 1.87. The summed E-state index contributed by atoms with van der Waals surface area (Å²) in [6.45, 7) is 2.31. The number of aryl methyl sites for hydroxylation is 1. The van der Waals surface area contributed by atoms with Crippen LogP contribution in [0.2, 0.25) is 0 Å². The highest BCUT2D eigenvalue weighted by Crippen LogP contribution is 2.25. The fourth-order valence-electron chi connectivity index (χ4n) is 1.87. The molecule has 0 fully saturated rings. The number of nitrogens with two attached hydrogens (primary N) is 1. The zero-order valence-electron chi connectivity index (χ0n) is 10.6. The lowest BCUT2D eigenvalue weighted by molar-refractivity contribution is 0.511. The molecule has 0 aliphatic carbocycles. The van der Waals surface area contributed by atoms with Crippen LogP contribution in [0.5, 0.6) is 0 Å². The summed E-state index contributed by atoms with van der Waals surface area (Å²) in [5.41, 5.74) is 7.65. The van der Waals surface area contributed by atoms with Crippen molar-refractivity contribution in [3.8, 4) is 0 Å². The Labute approximate surface area is 110 Å². The standard InChI is InChI=1S/C14H15F2N3/c1-2-9-4-3-7-18-12(9)8-19-14-11(17)6-5-10(15)13(14)16/h3-7,19H,2,8,17H2,1H3. The predicted molar refractivity (Wildman–Crippen MR) is 71.7 cm³/mol. The molecule has 0 amide bonds. The van der Waals surface area contributed by atoms with Gasteiger partial charge >= 0.3 is 0 Å². The van der Waals surface area contributed by atoms with Gasteiger partial charge in [-0.05, 0) is 30.2 Å². The number of nitrogen functional groups attached to an aromatic ring is 1. The monoisotopic (exact) mass is 263 g/mol. The molecule has 1 aromatic heterocycles. The third kappa shape index (κ3) is 2.81. The van der Waals surface area contributed by atoms with Crippen molar-refractivity contribution in [2.45, 2.75) is 19.9 Å². The van der Waals surface area contributed by atoms with E-state index in [0.717, 1.165) is 23.7 Å². The van der Waals surface area contributed by atoms with Crippen LogP contribution in [0, 0.1) is 11.6 Å². The van der Waals surface area contributed by atoms with Crippen molar-refractivity contribution >= 4 is 11.4 Å². The van der Waals surface area contributed by atoms with Crippen molar-refractivity contribution in [1.82, 2.24) is 4.98 Å². The lowest BCUT2D eigenvalue weighted by atomic mass is 10.1. The van der Waals surface area contributed by atoms with E-state index in [1.807, 2.05) is 19.1 Å². The first kappa shape index (κ1) is 13.3. The van der Waals surface area contributed by atoms with Crippen LogP contribution in [0.15, 0.2) is 30.5 Å². The van der Waals surface area contributed by atoms with Crippen LogP contribution in [0.25, 0.3) is 0 Å². The molecule has 0 bridgehead atoms. The van der Waals surface area contributed by atoms with Gasteiger partial charge in [-0.15, -0.1) is 0 Å². The molecule has 0 unspecified atom stereocenters. The molecule has 2 aromatic rings. The highest BCUT2D eigenvalue weighted by molar-refractivity contribution is 5.66. The number of pyridine rings is 1. The molecule has 3 N–H and O–H groups in total. The topological polar surface area (TPSA) is 50.9 Å². The molecular weight excluding hydrogens is 248 g/mol. The number of halogens is 2. The summed E-state index contributed by atoms with van der Waals surface area (Å²) in [5.74, 6) is -1.89. The molecule has 0 saturated heterocycles. The minimum atomic E-state index is -0.964. The van der Waals surface area contributed by atoms with Gasteiger partial charge in [-0.2, -0.15) is 0 Å². The molecule has 3 nitrogen and oxygen atoms in total. The molecule has 0 aliphatic heterocycles. The molecule has 0 spiro atoms. The molecule has 1 aromatic carbocycles. The Kier molecular flexibility index (Phi) is 3.94. The van der Waals surface area contributed by atoms with Crippen molar-refractivity contribution in [2.24, 2.45) is 0 Å². The van der Waals surface area contributed by atoms with Gasteiger partial charge in [-0.1, -0.05) is 13.0 Å². The van der Waals surface area contributed by atoms with Gasteiger partial charge in [0, 0.05) is 6.20 Å². The maximum Gasteiger partial charge on any atom is 0.183 e. The van der Waals surface area contributed by atoms with Gasteiger partial charge in [0.05, 0.1) is 23.6 Å². The van der Waals surface area contributed by atoms with Crippen molar-refractivity contribution in [2.75, 3.05) is 11.1 Å². The van der Waals surface area contributed by atoms with E-state index in [1.54, 1.807) is 6.20 Å². The second-order valence-corrected chi connectivity index (χ2v) is 4.14. The Hall–Kier alpha value is -2.17. The van der Waals surface area contributed by atoms with E-state index in [9.17, 15) is 8.78 Å². The van der Waals surface area contributed by atoms with Crippen LogP contribution in [0.1, 0.15) is 18.2 Å². The second-order valence-electron chi connectivity index (χ2n) is 4.14. The average molecular weight is 263 g/mol. The smallest absolute Gasteiger partial charge is 0.183 e. The van der Waals surface area contributed by atoms with Crippen molar-refractivity contribution in [3.05, 3.63) is 53.4 Å². The first-order valence-corrected chi connectivity index (χ1v) is 6.03. The zero-order valence-corrected chi connectivity index (χ0v) is 10.6. The minimum absolute atomic E-state index is 0.0206. The molecule has 2 rings (SSSR count). The fraction of sp³-hybridized carbons (Fsp3) is 0.214. The Balaban J connectivity index is 2.21. The molecule has 0 aliphatic rings. The highest BCUT2D eigenvalue weighted by Gasteiger charge is 2.12. The van der Waals surface area contributed by atoms with Crippen LogP contribution in [0.4, 0.5) is 20.2 Å². The number of nitrogens with zero attached hydrogens (tertiary/aromatic N) is 1. The van der Waals surface area contributed by atoms with Gasteiger partial charge < -0.3 is 11.1 Å². The second kappa shape index (κ2) is 5.65. The maximum absolute atomic E-state index is 13.6. The van der Waals surface area contributed by atoms with Crippen LogP contribution >= 0.6 is 0 Å². The third-order valence-electron chi connectivity index (χ3n) is 2.93. The largest absolute Gasteiger partial charge is 0.397 e. The number of rotatable bonds is 4. The summed E-state index contributed by atoms with van der Waals surface area (Å²) >= 11 is 0. The van der Waals surface area contributed by atoms with Gasteiger partial charge in [0.25, 0.3) is 0 Å². The van der Waals surface area contributed by atoms with Gasteiger partial charge in [0.15, 0.2) is 11.6 Å². The van der Waals surface area contributed by atoms with E-state index >= 15 is 0 Å². The number of aromatic nitrogens is 1. The van der Waals surface area contributed by atoms with Crippen LogP contribution < -0.4 is 11.1 Å². The van der Waals surface area contributed by atoms with Crippen molar-refractivity contribution in [1.29, 1.82) is 0 Å². The summed E-state index contributed by atoms with van der Waals surface area (Å²) in [5, 5.41) is 2.81. The van der Waals surface area contributed by atoms with Crippen molar-refractivity contribution in [3.63, 3.8) is 0 Å². The van der Waals surface area contributed by atoms with Crippen LogP contribution in [-0.4, -0.2) is 4.98 Å². The lowest BCUT2D eigenvalue weighted by Gasteiger charge is -2.12. The SMILES string of the molecule is CCc1cccnc1CNc1c(N)ccc(F)c1F. The van der Waals surface area contributed by atoms with E-state index in [-0.39, 0.29) is 11.4 Å². The van der Waals surface area contributed by atoms with Gasteiger partial charge in [-0.25, -0.2) is 8.78 Å². The van der Waals surface area contributed by atoms with Crippen LogP contribution in [0.3, 0.4) is 0 Å². The summed E-state index contributed by atoms with van der Waals surface area (Å²) < 4.78 is 26.8. The van der Waals surface area contributed by atoms with Gasteiger partial charge in [-0.3, -0.25) is 4.98 Å². The number of anilines is 2. The molecule has 100 valence electrons. The molecule has 0 atom stereocenters. The van der Waals surface area contributed by atoms with E-state index in [2.05, 4.69) is 10.3 Å². The summed E-state index contributed by atoms with van der Waals surface area (Å²) in [7, 11) is 0. The Morgan fingerprint density at radius 2 is 2.05 bits per heavy atom. The quantitative estimate of drug-likeness (QED) is 0.833. The number of benzene rings is 1. The maximum atomic E-state index is 13.6. The molecular formula is C14H15F2N3. The molecule has 0 saturated carbocycles. The third-order valence-corrected chi connectivity index (χ3v) is 2.93. The summed E-state index contributed by atoms with van der Waals surface area (Å²) in [6.07, 6.45) is 2.49. The van der Waals surface area contributed by atoms with Gasteiger partial charge in [0.1, 0.15) is 0 Å². The summed E-state index contributed by atoms with van der Waals surface area (Å²) in [4.78, 5) is 4.23. The predicted octanol–water partition coefficient (Wildman–Crippen LogP) is 3.12. The average Bonchev–Trinajstić information content (AvgIpc) is 2.43. The Morgan fingerprint density at radius 1 is 1.26 bits per heavy atom. The number of hydrogen-bond donors (Lipinski definition) is 2. The molecule has 0 radical (unpaired) electrons. The van der Waals surface area contributed by atoms with E-state index < -0.39 is 11.6 Å². The number of hydrogen-bond acceptors (Lipinski definition) is 3. The highest BCUT2D eigenvalue weighted by atomic mass is 19.2. The van der Waals surface area contributed by atoms with Crippen LogP contribution in [-0.2, 0) is 13.0 Å². The van der Waals surface area contributed by atoms with Gasteiger partial charge in [0.2, 0.25) is 0 Å². The van der Waals surface area contributed by atoms with Crippen molar-refractivity contribution < 1.29 is 8.78 Å². The summed E-state index contributed by atoms with van der Waals surface area (Å²) in [6, 6.07) is 6.14. The normalized spacial score (nSPS) is 10.5. The molecule has 5 heteroatoms. The zero-order chi connectivity index (χ0) is 13.8. The first-order chi connectivity index (χ1) is 9.13. The molecule has 1 heterocycles. The van der Waals surface area contributed by atoms with E-state index in [0.29, 0.717) is 6.54 Å². The number of nitrogens with one attached hydrogen (secondary N) is 1.